The van der Waals surface area contributed by atoms with Gasteiger partial charge in [0.05, 0.1) is 24.8 Å². The van der Waals surface area contributed by atoms with Crippen molar-refractivity contribution in [2.45, 2.75) is 57.1 Å². The number of nitrogens with zero attached hydrogens (tertiary/aromatic N) is 2. The fourth-order valence-corrected chi connectivity index (χ4v) is 6.80. The first-order valence-corrected chi connectivity index (χ1v) is 17.5. The van der Waals surface area contributed by atoms with Crippen molar-refractivity contribution in [1.29, 1.82) is 0 Å². The Morgan fingerprint density at radius 3 is 2.15 bits per heavy atom. The van der Waals surface area contributed by atoms with E-state index in [0.717, 1.165) is 21.0 Å². The van der Waals surface area contributed by atoms with Crippen LogP contribution in [-0.4, -0.2) is 58.0 Å². The molecule has 48 heavy (non-hydrogen) atoms. The number of rotatable bonds is 15. The Balaban J connectivity index is 1.83. The van der Waals surface area contributed by atoms with Crippen molar-refractivity contribution < 1.29 is 27.5 Å². The number of sulfonamides is 1. The van der Waals surface area contributed by atoms with E-state index in [1.807, 2.05) is 75.4 Å². The minimum absolute atomic E-state index is 0.0802. The van der Waals surface area contributed by atoms with E-state index in [2.05, 4.69) is 5.32 Å². The number of hydrogen-bond acceptors (Lipinski definition) is 6. The molecule has 0 heterocycles. The number of carbonyl (C=O) groups excluding carboxylic acids is 2. The van der Waals surface area contributed by atoms with E-state index >= 15 is 0 Å². The average Bonchev–Trinajstić information content (AvgIpc) is 3.09. The highest BCUT2D eigenvalue weighted by Crippen LogP contribution is 2.33. The van der Waals surface area contributed by atoms with Gasteiger partial charge >= 0.3 is 0 Å². The molecule has 0 fully saturated rings. The van der Waals surface area contributed by atoms with Crippen LogP contribution < -0.4 is 19.1 Å². The number of hydrogen-bond donors (Lipinski definition) is 1. The molecule has 0 aliphatic carbocycles. The molecule has 0 unspecified atom stereocenters. The van der Waals surface area contributed by atoms with Crippen molar-refractivity contribution in [2.75, 3.05) is 25.1 Å². The van der Waals surface area contributed by atoms with Gasteiger partial charge in [-0.05, 0) is 67.8 Å². The lowest BCUT2D eigenvalue weighted by Crippen LogP contribution is -2.54. The molecular weight excluding hydrogens is 650 g/mol. The van der Waals surface area contributed by atoms with Gasteiger partial charge in [-0.1, -0.05) is 78.7 Å². The zero-order chi connectivity index (χ0) is 34.8. The van der Waals surface area contributed by atoms with Crippen LogP contribution in [0.25, 0.3) is 0 Å². The third-order valence-electron chi connectivity index (χ3n) is 8.04. The van der Waals surface area contributed by atoms with Crippen LogP contribution in [0.5, 0.6) is 11.5 Å². The lowest BCUT2D eigenvalue weighted by molar-refractivity contribution is -0.140. The number of nitrogens with one attached hydrogen (secondary N) is 1. The van der Waals surface area contributed by atoms with Gasteiger partial charge in [-0.15, -0.1) is 0 Å². The number of anilines is 1. The summed E-state index contributed by atoms with van der Waals surface area (Å²) >= 11 is 6.17. The van der Waals surface area contributed by atoms with Crippen molar-refractivity contribution in [3.63, 3.8) is 0 Å². The summed E-state index contributed by atoms with van der Waals surface area (Å²) in [6.45, 7) is 5.31. The number of ether oxygens (including phenoxy) is 2. The third-order valence-corrected chi connectivity index (χ3v) is 10.1. The molecule has 4 aromatic rings. The maximum atomic E-state index is 14.6. The minimum Gasteiger partial charge on any atom is -0.493 e. The third kappa shape index (κ3) is 9.08. The average molecular weight is 692 g/mol. The quantitative estimate of drug-likeness (QED) is 0.154. The van der Waals surface area contributed by atoms with Crippen LogP contribution in [0.1, 0.15) is 37.0 Å². The molecule has 254 valence electrons. The van der Waals surface area contributed by atoms with Gasteiger partial charge in [-0.25, -0.2) is 8.42 Å². The van der Waals surface area contributed by atoms with Crippen molar-refractivity contribution >= 4 is 39.1 Å². The van der Waals surface area contributed by atoms with E-state index in [1.165, 1.54) is 49.5 Å². The second-order valence-corrected chi connectivity index (χ2v) is 13.8. The van der Waals surface area contributed by atoms with Gasteiger partial charge in [0, 0.05) is 30.1 Å². The van der Waals surface area contributed by atoms with Crippen LogP contribution in [0.2, 0.25) is 5.02 Å². The van der Waals surface area contributed by atoms with Crippen molar-refractivity contribution in [1.82, 2.24) is 10.2 Å². The highest BCUT2D eigenvalue weighted by molar-refractivity contribution is 7.92. The van der Waals surface area contributed by atoms with Crippen LogP contribution in [0.3, 0.4) is 0 Å². The molecular formula is C37H42ClN3O6S. The molecule has 9 nitrogen and oxygen atoms in total. The molecule has 4 rings (SSSR count). The molecule has 0 radical (unpaired) electrons. The van der Waals surface area contributed by atoms with Gasteiger partial charge < -0.3 is 19.7 Å². The normalized spacial score (nSPS) is 12.5. The van der Waals surface area contributed by atoms with Crippen molar-refractivity contribution in [3.05, 3.63) is 119 Å². The Kier molecular flexibility index (Phi) is 12.5. The summed E-state index contributed by atoms with van der Waals surface area (Å²) < 4.78 is 40.5. The standard InChI is InChI=1S/C37H42ClN3O6S/c1-6-27(3)39-37(43)33(22-28-12-8-7-9-13-28)40(24-29-14-10-11-26(2)21-29)36(42)25-41(31-17-15-30(38)16-18-31)48(44,45)32-19-20-34(46-4)35(23-32)47-5/h7-21,23,27,33H,6,22,24-25H2,1-5H3,(H,39,43)/t27-,33+/m0/s1. The molecule has 0 aliphatic heterocycles. The zero-order valence-corrected chi connectivity index (χ0v) is 29.4. The van der Waals surface area contributed by atoms with Crippen molar-refractivity contribution in [3.8, 4) is 11.5 Å². The first kappa shape index (κ1) is 36.3. The fraction of sp³-hybridized carbons (Fsp3) is 0.297. The summed E-state index contributed by atoms with van der Waals surface area (Å²) in [5.74, 6) is -0.316. The molecule has 1 N–H and O–H groups in total. The van der Waals surface area contributed by atoms with Crippen LogP contribution in [-0.2, 0) is 32.6 Å². The summed E-state index contributed by atoms with van der Waals surface area (Å²) in [5, 5.41) is 3.45. The number of amides is 2. The second kappa shape index (κ2) is 16.5. The number of methoxy groups -OCH3 is 2. The van der Waals surface area contributed by atoms with E-state index in [1.54, 1.807) is 12.1 Å². The van der Waals surface area contributed by atoms with Crippen LogP contribution in [0.4, 0.5) is 5.69 Å². The summed E-state index contributed by atoms with van der Waals surface area (Å²) in [6.07, 6.45) is 0.924. The minimum atomic E-state index is -4.35. The first-order valence-electron chi connectivity index (χ1n) is 15.7. The predicted octanol–water partition coefficient (Wildman–Crippen LogP) is 6.42. The van der Waals surface area contributed by atoms with Gasteiger partial charge in [-0.3, -0.25) is 13.9 Å². The predicted molar refractivity (Wildman–Crippen MR) is 189 cm³/mol. The van der Waals surface area contributed by atoms with Gasteiger partial charge in [0.1, 0.15) is 12.6 Å². The van der Waals surface area contributed by atoms with Crippen molar-refractivity contribution in [2.24, 2.45) is 0 Å². The molecule has 2 amide bonds. The van der Waals surface area contributed by atoms with Gasteiger partial charge in [0.2, 0.25) is 11.8 Å². The second-order valence-electron chi connectivity index (χ2n) is 11.5. The maximum absolute atomic E-state index is 14.6. The van der Waals surface area contributed by atoms with Gasteiger partial charge in [-0.2, -0.15) is 0 Å². The number of halogens is 1. The van der Waals surface area contributed by atoms with E-state index in [0.29, 0.717) is 17.2 Å². The van der Waals surface area contributed by atoms with Crippen LogP contribution in [0, 0.1) is 6.92 Å². The zero-order valence-electron chi connectivity index (χ0n) is 27.9. The van der Waals surface area contributed by atoms with Crippen LogP contribution in [0.15, 0.2) is 102 Å². The summed E-state index contributed by atoms with van der Waals surface area (Å²) in [4.78, 5) is 30.0. The lowest BCUT2D eigenvalue weighted by atomic mass is 10.0. The van der Waals surface area contributed by atoms with E-state index in [4.69, 9.17) is 21.1 Å². The SMILES string of the molecule is CC[C@H](C)NC(=O)[C@@H](Cc1ccccc1)N(Cc1cccc(C)c1)C(=O)CN(c1ccc(Cl)cc1)S(=O)(=O)c1ccc(OC)c(OC)c1. The molecule has 0 saturated heterocycles. The molecule has 0 spiro atoms. The molecule has 2 atom stereocenters. The lowest BCUT2D eigenvalue weighted by Gasteiger charge is -2.34. The highest BCUT2D eigenvalue weighted by atomic mass is 35.5. The number of benzene rings is 4. The Morgan fingerprint density at radius 2 is 1.52 bits per heavy atom. The van der Waals surface area contributed by atoms with Gasteiger partial charge in [0.25, 0.3) is 10.0 Å². The van der Waals surface area contributed by atoms with E-state index < -0.39 is 28.5 Å². The topological polar surface area (TPSA) is 105 Å². The Morgan fingerprint density at radius 1 is 0.854 bits per heavy atom. The maximum Gasteiger partial charge on any atom is 0.264 e. The Hall–Kier alpha value is -4.54. The van der Waals surface area contributed by atoms with Crippen LogP contribution >= 0.6 is 11.6 Å². The van der Waals surface area contributed by atoms with Gasteiger partial charge in [0.15, 0.2) is 11.5 Å². The Labute approximate surface area is 288 Å². The molecule has 0 aliphatic rings. The monoisotopic (exact) mass is 691 g/mol. The fourth-order valence-electron chi connectivity index (χ4n) is 5.24. The molecule has 11 heteroatoms. The first-order chi connectivity index (χ1) is 23.0. The molecule has 0 bridgehead atoms. The highest BCUT2D eigenvalue weighted by Gasteiger charge is 2.35. The smallest absolute Gasteiger partial charge is 0.264 e. The number of carbonyl (C=O) groups is 2. The summed E-state index contributed by atoms with van der Waals surface area (Å²) in [5.41, 5.74) is 2.87. The molecule has 0 saturated carbocycles. The largest absolute Gasteiger partial charge is 0.493 e. The number of aryl methyl sites for hydroxylation is 1. The molecule has 4 aromatic carbocycles. The summed E-state index contributed by atoms with van der Waals surface area (Å²) in [7, 11) is -1.49. The Bertz CT molecular complexity index is 1800. The summed E-state index contributed by atoms with van der Waals surface area (Å²) in [6, 6.07) is 26.5. The molecule has 0 aromatic heterocycles. The van der Waals surface area contributed by atoms with E-state index in [9.17, 15) is 18.0 Å². The van der Waals surface area contributed by atoms with E-state index in [-0.39, 0.29) is 41.2 Å².